The van der Waals surface area contributed by atoms with E-state index >= 15 is 0 Å². The SMILES string of the molecule is [2H]C1=CC=C2C(=O)N(C3CCC(=O)NC3=O)C(=O)C2C1([2H])OCCCCCCN=[N+]=[N-]. The van der Waals surface area contributed by atoms with Gasteiger partial charge in [0, 0.05) is 30.1 Å². The lowest BCUT2D eigenvalue weighted by Crippen LogP contribution is -2.54. The van der Waals surface area contributed by atoms with E-state index < -0.39 is 41.7 Å². The minimum Gasteiger partial charge on any atom is -0.373 e. The van der Waals surface area contributed by atoms with Crippen molar-refractivity contribution in [2.75, 3.05) is 13.2 Å². The zero-order valence-corrected chi connectivity index (χ0v) is 15.8. The lowest BCUT2D eigenvalue weighted by molar-refractivity contribution is -0.151. The van der Waals surface area contributed by atoms with E-state index in [-0.39, 0.29) is 31.1 Å². The van der Waals surface area contributed by atoms with Crippen LogP contribution in [0.1, 0.15) is 41.3 Å². The molecule has 3 rings (SSSR count). The zero-order chi connectivity index (χ0) is 22.6. The van der Waals surface area contributed by atoms with Crippen molar-refractivity contribution in [1.29, 1.82) is 0 Å². The summed E-state index contributed by atoms with van der Waals surface area (Å²) in [7, 11) is 0. The maximum absolute atomic E-state index is 13.1. The normalized spacial score (nSPS) is 30.0. The van der Waals surface area contributed by atoms with Crippen molar-refractivity contribution in [3.8, 4) is 0 Å². The number of nitrogens with one attached hydrogen (secondary N) is 1. The number of unbranched alkanes of at least 4 members (excludes halogenated alkanes) is 3. The summed E-state index contributed by atoms with van der Waals surface area (Å²) in [4.78, 5) is 53.1. The Labute approximate surface area is 170 Å². The van der Waals surface area contributed by atoms with E-state index in [0.717, 1.165) is 24.2 Å². The van der Waals surface area contributed by atoms with Crippen LogP contribution in [0.2, 0.25) is 0 Å². The van der Waals surface area contributed by atoms with Crippen LogP contribution in [-0.2, 0) is 23.9 Å². The maximum atomic E-state index is 13.1. The quantitative estimate of drug-likeness (QED) is 0.204. The summed E-state index contributed by atoms with van der Waals surface area (Å²) in [5, 5.41) is 5.58. The Balaban J connectivity index is 1.68. The lowest BCUT2D eigenvalue weighted by atomic mass is 9.91. The van der Waals surface area contributed by atoms with Gasteiger partial charge in [0.25, 0.3) is 5.91 Å². The highest BCUT2D eigenvalue weighted by atomic mass is 16.5. The smallest absolute Gasteiger partial charge is 0.258 e. The Morgan fingerprint density at radius 1 is 1.31 bits per heavy atom. The third-order valence-electron chi connectivity index (χ3n) is 5.01. The summed E-state index contributed by atoms with van der Waals surface area (Å²) in [5.74, 6) is -4.01. The molecule has 0 spiro atoms. The number of azide groups is 1. The standard InChI is InChI=1S/C19H23N5O5/c20-23-21-10-3-1-2-4-11-29-14-7-5-6-12-16(14)19(28)24(18(12)27)13-8-9-15(25)22-17(13)26/h5-7,13-14,16H,1-4,8-11H2,(H,22,25,26)/i7D,14D. The second-order valence-electron chi connectivity index (χ2n) is 6.93. The first kappa shape index (κ1) is 18.1. The third-order valence-corrected chi connectivity index (χ3v) is 5.01. The van der Waals surface area contributed by atoms with E-state index in [4.69, 9.17) is 13.0 Å². The van der Waals surface area contributed by atoms with Gasteiger partial charge in [-0.2, -0.15) is 0 Å². The number of amides is 4. The molecule has 2 aliphatic heterocycles. The Hall–Kier alpha value is -2.97. The first-order valence-corrected chi connectivity index (χ1v) is 9.56. The number of imide groups is 2. The highest BCUT2D eigenvalue weighted by Gasteiger charge is 2.52. The van der Waals surface area contributed by atoms with Gasteiger partial charge in [0.2, 0.25) is 17.7 Å². The Kier molecular flexibility index (Phi) is 5.92. The van der Waals surface area contributed by atoms with Crippen molar-refractivity contribution in [2.24, 2.45) is 11.0 Å². The summed E-state index contributed by atoms with van der Waals surface area (Å²) < 4.78 is 22.5. The van der Waals surface area contributed by atoms with Gasteiger partial charge >= 0.3 is 0 Å². The van der Waals surface area contributed by atoms with Gasteiger partial charge in [-0.05, 0) is 24.8 Å². The van der Waals surface area contributed by atoms with E-state index in [1.807, 2.05) is 0 Å². The van der Waals surface area contributed by atoms with E-state index in [1.165, 1.54) is 12.2 Å². The molecule has 2 saturated heterocycles. The molecular weight excluding hydrogens is 378 g/mol. The molecule has 0 aromatic rings. The minimum absolute atomic E-state index is 0.00131. The molecule has 0 aromatic heterocycles. The Bertz CT molecular complexity index is 913. The predicted octanol–water partition coefficient (Wildman–Crippen LogP) is 1.53. The van der Waals surface area contributed by atoms with Crippen LogP contribution in [0.4, 0.5) is 0 Å². The molecule has 1 aliphatic carbocycles. The first-order valence-electron chi connectivity index (χ1n) is 10.6. The van der Waals surface area contributed by atoms with E-state index in [1.54, 1.807) is 0 Å². The molecule has 29 heavy (non-hydrogen) atoms. The molecular formula is C19H23N5O5. The highest BCUT2D eigenvalue weighted by Crippen LogP contribution is 2.35. The molecule has 0 radical (unpaired) electrons. The number of rotatable bonds is 9. The van der Waals surface area contributed by atoms with Crippen molar-refractivity contribution >= 4 is 23.6 Å². The average Bonchev–Trinajstić information content (AvgIpc) is 2.98. The summed E-state index contributed by atoms with van der Waals surface area (Å²) in [6.07, 6.45) is 3.37. The Morgan fingerprint density at radius 2 is 2.10 bits per heavy atom. The van der Waals surface area contributed by atoms with Crippen LogP contribution in [0.5, 0.6) is 0 Å². The maximum Gasteiger partial charge on any atom is 0.258 e. The fourth-order valence-corrected chi connectivity index (χ4v) is 3.57. The predicted molar refractivity (Wildman–Crippen MR) is 101 cm³/mol. The van der Waals surface area contributed by atoms with Crippen LogP contribution in [0, 0.1) is 5.92 Å². The number of hydrogen-bond donors (Lipinski definition) is 1. The fraction of sp³-hybridized carbons (Fsp3) is 0.579. The molecule has 3 atom stereocenters. The van der Waals surface area contributed by atoms with Crippen LogP contribution in [0.25, 0.3) is 10.4 Å². The molecule has 2 fully saturated rings. The number of hydrogen-bond acceptors (Lipinski definition) is 6. The van der Waals surface area contributed by atoms with Gasteiger partial charge < -0.3 is 4.74 Å². The molecule has 10 nitrogen and oxygen atoms in total. The second-order valence-corrected chi connectivity index (χ2v) is 6.93. The van der Waals surface area contributed by atoms with Crippen LogP contribution in [0.15, 0.2) is 28.9 Å². The van der Waals surface area contributed by atoms with Crippen molar-refractivity contribution in [1.82, 2.24) is 10.2 Å². The van der Waals surface area contributed by atoms with Crippen molar-refractivity contribution in [3.05, 3.63) is 34.2 Å². The number of carbonyl (C=O) groups is 4. The van der Waals surface area contributed by atoms with Crippen LogP contribution in [-0.4, -0.2) is 53.8 Å². The molecule has 0 aromatic carbocycles. The van der Waals surface area contributed by atoms with Gasteiger partial charge in [-0.1, -0.05) is 36.2 Å². The molecule has 2 heterocycles. The molecule has 3 unspecified atom stereocenters. The lowest BCUT2D eigenvalue weighted by Gasteiger charge is -2.28. The number of carbonyl (C=O) groups excluding carboxylic acids is 4. The molecule has 10 heteroatoms. The van der Waals surface area contributed by atoms with Crippen LogP contribution >= 0.6 is 0 Å². The van der Waals surface area contributed by atoms with Gasteiger partial charge in [0.15, 0.2) is 0 Å². The van der Waals surface area contributed by atoms with Gasteiger partial charge in [-0.25, -0.2) is 0 Å². The van der Waals surface area contributed by atoms with E-state index in [0.29, 0.717) is 13.0 Å². The van der Waals surface area contributed by atoms with Crippen LogP contribution < -0.4 is 5.32 Å². The molecule has 0 bridgehead atoms. The summed E-state index contributed by atoms with van der Waals surface area (Å²) in [5.41, 5.74) is 8.25. The number of allylic oxidation sites excluding steroid dienone is 2. The zero-order valence-electron chi connectivity index (χ0n) is 17.8. The number of ether oxygens (including phenoxy) is 1. The number of piperidine rings is 1. The molecule has 4 amide bonds. The van der Waals surface area contributed by atoms with E-state index in [9.17, 15) is 19.2 Å². The summed E-state index contributed by atoms with van der Waals surface area (Å²) in [6.45, 7) is 0.507. The van der Waals surface area contributed by atoms with Crippen molar-refractivity contribution in [2.45, 2.75) is 50.6 Å². The van der Waals surface area contributed by atoms with Crippen molar-refractivity contribution < 1.29 is 26.7 Å². The summed E-state index contributed by atoms with van der Waals surface area (Å²) >= 11 is 0. The largest absolute Gasteiger partial charge is 0.373 e. The monoisotopic (exact) mass is 403 g/mol. The van der Waals surface area contributed by atoms with Crippen molar-refractivity contribution in [3.63, 3.8) is 0 Å². The number of nitrogens with zero attached hydrogens (tertiary/aromatic N) is 4. The Morgan fingerprint density at radius 3 is 2.86 bits per heavy atom. The van der Waals surface area contributed by atoms with Gasteiger partial charge in [-0.15, -0.1) is 0 Å². The molecule has 1 N–H and O–H groups in total. The molecule has 3 aliphatic rings. The third kappa shape index (κ3) is 4.55. The minimum atomic E-state index is -2.07. The second kappa shape index (κ2) is 9.49. The van der Waals surface area contributed by atoms with Crippen LogP contribution in [0.3, 0.4) is 0 Å². The van der Waals surface area contributed by atoms with Gasteiger partial charge in [0.1, 0.15) is 6.04 Å². The average molecular weight is 403 g/mol. The summed E-state index contributed by atoms with van der Waals surface area (Å²) in [6, 6.07) is -1.38. The fourth-order valence-electron chi connectivity index (χ4n) is 3.57. The van der Waals surface area contributed by atoms with Gasteiger partial charge in [0.05, 0.1) is 14.7 Å². The molecule has 154 valence electrons. The first-order chi connectivity index (χ1) is 14.8. The number of likely N-dealkylation sites (tertiary alicyclic amines) is 1. The topological polar surface area (TPSA) is 142 Å². The highest BCUT2D eigenvalue weighted by molar-refractivity contribution is 6.18. The van der Waals surface area contributed by atoms with E-state index in [2.05, 4.69) is 15.3 Å². The number of fused-ring (bicyclic) bond motifs is 1. The molecule has 0 saturated carbocycles. The van der Waals surface area contributed by atoms with Gasteiger partial charge in [-0.3, -0.25) is 29.4 Å².